The molecule has 7 nitrogen and oxygen atoms in total. The van der Waals surface area contributed by atoms with Gasteiger partial charge in [-0.15, -0.1) is 0 Å². The summed E-state index contributed by atoms with van der Waals surface area (Å²) in [6.45, 7) is 0.0247. The second kappa shape index (κ2) is 7.48. The minimum absolute atomic E-state index is 0.0124. The van der Waals surface area contributed by atoms with Crippen LogP contribution in [0.15, 0.2) is 23.1 Å². The van der Waals surface area contributed by atoms with Gasteiger partial charge in [0, 0.05) is 31.6 Å². The Hall–Kier alpha value is -2.29. The van der Waals surface area contributed by atoms with Crippen LogP contribution >= 0.6 is 0 Å². The number of ether oxygens (including phenoxy) is 1. The predicted octanol–water partition coefficient (Wildman–Crippen LogP) is 1.10. The summed E-state index contributed by atoms with van der Waals surface area (Å²) in [4.78, 5) is -0.0686. The number of methoxy groups -OCH3 is 1. The summed E-state index contributed by atoms with van der Waals surface area (Å²) in [5.41, 5.74) is 5.92. The largest absolute Gasteiger partial charge is 0.495 e. The van der Waals surface area contributed by atoms with Gasteiger partial charge in [-0.1, -0.05) is 0 Å². The van der Waals surface area contributed by atoms with Gasteiger partial charge in [-0.25, -0.2) is 8.42 Å². The SMILES string of the molecule is COc1ccc(N)cc1S(=O)(=O)N(CCC#N)CCC#N. The van der Waals surface area contributed by atoms with E-state index in [0.29, 0.717) is 0 Å². The van der Waals surface area contributed by atoms with Crippen molar-refractivity contribution in [2.24, 2.45) is 0 Å². The minimum Gasteiger partial charge on any atom is -0.495 e. The summed E-state index contributed by atoms with van der Waals surface area (Å²) in [6.07, 6.45) is 0.0740. The Morgan fingerprint density at radius 1 is 1.24 bits per heavy atom. The number of anilines is 1. The molecule has 0 amide bonds. The molecule has 0 saturated heterocycles. The van der Waals surface area contributed by atoms with Gasteiger partial charge in [0.15, 0.2) is 0 Å². The second-order valence-electron chi connectivity index (χ2n) is 4.13. The Bertz CT molecular complexity index is 656. The zero-order chi connectivity index (χ0) is 15.9. The number of hydrogen-bond acceptors (Lipinski definition) is 6. The Labute approximate surface area is 124 Å². The Balaban J connectivity index is 3.25. The molecule has 0 spiro atoms. The lowest BCUT2D eigenvalue weighted by atomic mass is 10.3. The van der Waals surface area contributed by atoms with Crippen LogP contribution in [0.4, 0.5) is 5.69 Å². The van der Waals surface area contributed by atoms with E-state index in [4.69, 9.17) is 21.0 Å². The van der Waals surface area contributed by atoms with Crippen molar-refractivity contribution < 1.29 is 13.2 Å². The van der Waals surface area contributed by atoms with E-state index in [2.05, 4.69) is 0 Å². The Kier molecular flexibility index (Phi) is 5.97. The molecule has 0 saturated carbocycles. The van der Waals surface area contributed by atoms with E-state index in [0.717, 1.165) is 4.31 Å². The summed E-state index contributed by atoms with van der Waals surface area (Å²) in [6, 6.07) is 8.09. The van der Waals surface area contributed by atoms with Crippen molar-refractivity contribution in [3.05, 3.63) is 18.2 Å². The summed E-state index contributed by atoms with van der Waals surface area (Å²) in [7, 11) is -2.52. The number of rotatable bonds is 7. The Morgan fingerprint density at radius 2 is 1.81 bits per heavy atom. The fraction of sp³-hybridized carbons (Fsp3) is 0.385. The normalized spacial score (nSPS) is 10.9. The molecule has 0 radical (unpaired) electrons. The molecule has 2 N–H and O–H groups in total. The maximum absolute atomic E-state index is 12.6. The van der Waals surface area contributed by atoms with Gasteiger partial charge in [0.1, 0.15) is 10.6 Å². The zero-order valence-corrected chi connectivity index (χ0v) is 12.4. The molecule has 0 aliphatic carbocycles. The average Bonchev–Trinajstić information content (AvgIpc) is 2.47. The van der Waals surface area contributed by atoms with Crippen molar-refractivity contribution in [2.45, 2.75) is 17.7 Å². The van der Waals surface area contributed by atoms with Crippen molar-refractivity contribution in [2.75, 3.05) is 25.9 Å². The third kappa shape index (κ3) is 4.09. The molecular weight excluding hydrogens is 292 g/mol. The first kappa shape index (κ1) is 16.8. The highest BCUT2D eigenvalue weighted by Gasteiger charge is 2.27. The summed E-state index contributed by atoms with van der Waals surface area (Å²) in [5.74, 6) is 0.170. The van der Waals surface area contributed by atoms with Crippen LogP contribution in [-0.2, 0) is 10.0 Å². The number of nitrogen functional groups attached to an aromatic ring is 1. The van der Waals surface area contributed by atoms with Crippen LogP contribution < -0.4 is 10.5 Å². The lowest BCUT2D eigenvalue weighted by Gasteiger charge is -2.21. The summed E-state index contributed by atoms with van der Waals surface area (Å²) >= 11 is 0. The molecule has 0 heterocycles. The van der Waals surface area contributed by atoms with Gasteiger partial charge in [-0.3, -0.25) is 0 Å². The van der Waals surface area contributed by atoms with Crippen LogP contribution in [0.3, 0.4) is 0 Å². The number of nitriles is 2. The topological polar surface area (TPSA) is 120 Å². The lowest BCUT2D eigenvalue weighted by molar-refractivity contribution is 0.392. The van der Waals surface area contributed by atoms with Gasteiger partial charge in [0.2, 0.25) is 10.0 Å². The van der Waals surface area contributed by atoms with Gasteiger partial charge in [0.05, 0.1) is 19.2 Å². The van der Waals surface area contributed by atoms with Crippen molar-refractivity contribution in [3.63, 3.8) is 0 Å². The van der Waals surface area contributed by atoms with Crippen molar-refractivity contribution in [1.82, 2.24) is 4.31 Å². The number of nitrogens with zero attached hydrogens (tertiary/aromatic N) is 3. The van der Waals surface area contributed by atoms with Gasteiger partial charge >= 0.3 is 0 Å². The molecular formula is C13H16N4O3S. The quantitative estimate of drug-likeness (QED) is 0.753. The van der Waals surface area contributed by atoms with E-state index in [1.807, 2.05) is 12.1 Å². The molecule has 112 valence electrons. The fourth-order valence-electron chi connectivity index (χ4n) is 1.74. The summed E-state index contributed by atoms with van der Waals surface area (Å²) in [5, 5.41) is 17.3. The van der Waals surface area contributed by atoms with Crippen molar-refractivity contribution in [3.8, 4) is 17.9 Å². The van der Waals surface area contributed by atoms with Crippen molar-refractivity contribution in [1.29, 1.82) is 10.5 Å². The molecule has 21 heavy (non-hydrogen) atoms. The highest BCUT2D eigenvalue weighted by Crippen LogP contribution is 2.28. The van der Waals surface area contributed by atoms with Crippen LogP contribution in [0.5, 0.6) is 5.75 Å². The third-order valence-corrected chi connectivity index (χ3v) is 4.67. The zero-order valence-electron chi connectivity index (χ0n) is 11.6. The number of hydrogen-bond donors (Lipinski definition) is 1. The third-order valence-electron chi connectivity index (χ3n) is 2.75. The van der Waals surface area contributed by atoms with Gasteiger partial charge in [-0.05, 0) is 18.2 Å². The van der Waals surface area contributed by atoms with E-state index in [1.54, 1.807) is 0 Å². The molecule has 0 fully saturated rings. The molecule has 0 unspecified atom stereocenters. The lowest BCUT2D eigenvalue weighted by Crippen LogP contribution is -2.33. The Morgan fingerprint density at radius 3 is 2.29 bits per heavy atom. The molecule has 0 bridgehead atoms. The monoisotopic (exact) mass is 308 g/mol. The highest BCUT2D eigenvalue weighted by atomic mass is 32.2. The molecule has 8 heteroatoms. The number of sulfonamides is 1. The number of benzene rings is 1. The van der Waals surface area contributed by atoms with Crippen LogP contribution in [-0.4, -0.2) is 32.9 Å². The van der Waals surface area contributed by atoms with E-state index in [-0.39, 0.29) is 42.3 Å². The highest BCUT2D eigenvalue weighted by molar-refractivity contribution is 7.89. The maximum Gasteiger partial charge on any atom is 0.246 e. The minimum atomic E-state index is -3.88. The van der Waals surface area contributed by atoms with Crippen molar-refractivity contribution >= 4 is 15.7 Å². The van der Waals surface area contributed by atoms with Gasteiger partial charge < -0.3 is 10.5 Å². The van der Waals surface area contributed by atoms with Gasteiger partial charge in [-0.2, -0.15) is 14.8 Å². The number of nitrogens with two attached hydrogens (primary N) is 1. The molecule has 0 atom stereocenters. The van der Waals surface area contributed by atoms with Crippen LogP contribution in [0.1, 0.15) is 12.8 Å². The molecule has 0 aliphatic heterocycles. The average molecular weight is 308 g/mol. The fourth-order valence-corrected chi connectivity index (χ4v) is 3.37. The molecule has 0 aliphatic rings. The van der Waals surface area contributed by atoms with Gasteiger partial charge in [0.25, 0.3) is 0 Å². The first-order valence-electron chi connectivity index (χ1n) is 6.15. The first-order chi connectivity index (χ1) is 9.97. The maximum atomic E-state index is 12.6. The van der Waals surface area contributed by atoms with E-state index >= 15 is 0 Å². The summed E-state index contributed by atoms with van der Waals surface area (Å²) < 4.78 is 31.4. The van der Waals surface area contributed by atoms with E-state index in [9.17, 15) is 8.42 Å². The molecule has 1 rings (SSSR count). The first-order valence-corrected chi connectivity index (χ1v) is 7.59. The van der Waals surface area contributed by atoms with E-state index in [1.165, 1.54) is 25.3 Å². The van der Waals surface area contributed by atoms with Crippen LogP contribution in [0.2, 0.25) is 0 Å². The predicted molar refractivity (Wildman–Crippen MR) is 76.6 cm³/mol. The smallest absolute Gasteiger partial charge is 0.246 e. The molecule has 1 aromatic carbocycles. The van der Waals surface area contributed by atoms with Crippen LogP contribution in [0, 0.1) is 22.7 Å². The molecule has 0 aromatic heterocycles. The molecule has 1 aromatic rings. The second-order valence-corrected chi connectivity index (χ2v) is 6.04. The standard InChI is InChI=1S/C13H16N4O3S/c1-20-12-5-4-11(16)10-13(12)21(18,19)17(8-2-6-14)9-3-7-15/h4-5,10H,2-3,8-9,16H2,1H3. The van der Waals surface area contributed by atoms with E-state index < -0.39 is 10.0 Å². The van der Waals surface area contributed by atoms with Crippen LogP contribution in [0.25, 0.3) is 0 Å².